The molecule has 0 spiro atoms. The standard InChI is InChI=1S/C28H48FN3O8/c1-21-8-9-23(29)22(18-21)20-32(26(34)24(30)19-25(33)36-5)11-7-13-38-15-17-39-16-14-37-12-6-10-31-27(35)40-28(2,3)4/h8-9,18,24,26,34H,6-7,10-17,19-20,30H2,1-5H3,(H,31,35)/t24-,26-/m0/s1. The SMILES string of the molecule is COC(=O)C[C@H](N)[C@H](O)N(CCCOCCOCCOCCCNC(=O)OC(C)(C)C)Cc1cc(C)ccc1F. The van der Waals surface area contributed by atoms with Gasteiger partial charge in [0.2, 0.25) is 0 Å². The molecule has 40 heavy (non-hydrogen) atoms. The lowest BCUT2D eigenvalue weighted by Crippen LogP contribution is -2.49. The first-order valence-electron chi connectivity index (χ1n) is 13.6. The highest BCUT2D eigenvalue weighted by Gasteiger charge is 2.26. The summed E-state index contributed by atoms with van der Waals surface area (Å²) in [5.74, 6) is -0.906. The van der Waals surface area contributed by atoms with E-state index in [1.165, 1.54) is 13.2 Å². The van der Waals surface area contributed by atoms with Crippen LogP contribution in [0, 0.1) is 12.7 Å². The van der Waals surface area contributed by atoms with Gasteiger partial charge in [0.25, 0.3) is 0 Å². The second-order valence-electron chi connectivity index (χ2n) is 10.4. The Labute approximate surface area is 237 Å². The monoisotopic (exact) mass is 573 g/mol. The van der Waals surface area contributed by atoms with Crippen molar-refractivity contribution in [2.75, 3.05) is 59.8 Å². The second-order valence-corrected chi connectivity index (χ2v) is 10.4. The predicted molar refractivity (Wildman–Crippen MR) is 148 cm³/mol. The molecule has 230 valence electrons. The fraction of sp³-hybridized carbons (Fsp3) is 0.714. The Morgan fingerprint density at radius 2 is 1.65 bits per heavy atom. The van der Waals surface area contributed by atoms with E-state index in [0.29, 0.717) is 71.1 Å². The van der Waals surface area contributed by atoms with Crippen molar-refractivity contribution in [3.63, 3.8) is 0 Å². The Balaban J connectivity index is 2.24. The van der Waals surface area contributed by atoms with Crippen molar-refractivity contribution < 1.29 is 42.8 Å². The summed E-state index contributed by atoms with van der Waals surface area (Å²) in [7, 11) is 1.25. The third kappa shape index (κ3) is 16.7. The fourth-order valence-electron chi connectivity index (χ4n) is 3.59. The maximum absolute atomic E-state index is 14.4. The van der Waals surface area contributed by atoms with Crippen LogP contribution in [0.4, 0.5) is 9.18 Å². The zero-order valence-electron chi connectivity index (χ0n) is 24.6. The van der Waals surface area contributed by atoms with E-state index >= 15 is 0 Å². The number of nitrogens with one attached hydrogen (secondary N) is 1. The summed E-state index contributed by atoms with van der Waals surface area (Å²) in [6, 6.07) is 3.90. The number of alkyl carbamates (subject to hydrolysis) is 1. The zero-order valence-corrected chi connectivity index (χ0v) is 24.6. The van der Waals surface area contributed by atoms with Crippen LogP contribution in [0.5, 0.6) is 0 Å². The molecule has 0 aromatic heterocycles. The normalized spacial score (nSPS) is 13.2. The highest BCUT2D eigenvalue weighted by atomic mass is 19.1. The summed E-state index contributed by atoms with van der Waals surface area (Å²) in [6.07, 6.45) is -0.559. The number of carbonyl (C=O) groups is 2. The van der Waals surface area contributed by atoms with Gasteiger partial charge >= 0.3 is 12.1 Å². The van der Waals surface area contributed by atoms with Gasteiger partial charge in [0.05, 0.1) is 46.0 Å². The van der Waals surface area contributed by atoms with Crippen LogP contribution in [0.1, 0.15) is 51.2 Å². The topological polar surface area (TPSA) is 142 Å². The molecule has 0 saturated heterocycles. The number of rotatable bonds is 20. The number of methoxy groups -OCH3 is 1. The largest absolute Gasteiger partial charge is 0.469 e. The Morgan fingerprint density at radius 3 is 2.25 bits per heavy atom. The molecular formula is C28H48FN3O8. The number of nitrogens with zero attached hydrogens (tertiary/aromatic N) is 1. The van der Waals surface area contributed by atoms with Crippen LogP contribution in [0.25, 0.3) is 0 Å². The number of carbonyl (C=O) groups excluding carboxylic acids is 2. The number of hydrogen-bond acceptors (Lipinski definition) is 10. The molecule has 1 rings (SSSR count). The number of hydrogen-bond donors (Lipinski definition) is 3. The molecule has 0 radical (unpaired) electrons. The number of aliphatic hydroxyl groups excluding tert-OH is 1. The third-order valence-electron chi connectivity index (χ3n) is 5.57. The average molecular weight is 574 g/mol. The van der Waals surface area contributed by atoms with Crippen molar-refractivity contribution in [2.45, 2.75) is 71.4 Å². The molecule has 12 heteroatoms. The van der Waals surface area contributed by atoms with Gasteiger partial charge in [-0.25, -0.2) is 9.18 Å². The van der Waals surface area contributed by atoms with E-state index in [1.807, 2.05) is 27.7 Å². The molecule has 1 aromatic rings. The summed E-state index contributed by atoms with van der Waals surface area (Å²) < 4.78 is 40.7. The molecule has 4 N–H and O–H groups in total. The number of esters is 1. The van der Waals surface area contributed by atoms with Crippen molar-refractivity contribution in [1.82, 2.24) is 10.2 Å². The quantitative estimate of drug-likeness (QED) is 0.121. The van der Waals surface area contributed by atoms with Crippen LogP contribution in [0.2, 0.25) is 0 Å². The van der Waals surface area contributed by atoms with Crippen LogP contribution in [-0.4, -0.2) is 99.8 Å². The Morgan fingerprint density at radius 1 is 1.05 bits per heavy atom. The lowest BCUT2D eigenvalue weighted by molar-refractivity contribution is -0.142. The number of benzene rings is 1. The molecular weight excluding hydrogens is 525 g/mol. The molecule has 1 aromatic carbocycles. The van der Waals surface area contributed by atoms with Gasteiger partial charge < -0.3 is 39.8 Å². The Kier molecular flexibility index (Phi) is 17.6. The third-order valence-corrected chi connectivity index (χ3v) is 5.57. The van der Waals surface area contributed by atoms with E-state index in [1.54, 1.807) is 17.0 Å². The van der Waals surface area contributed by atoms with Gasteiger partial charge in [-0.1, -0.05) is 17.7 Å². The van der Waals surface area contributed by atoms with Crippen LogP contribution < -0.4 is 11.1 Å². The smallest absolute Gasteiger partial charge is 0.407 e. The summed E-state index contributed by atoms with van der Waals surface area (Å²) in [5, 5.41) is 13.4. The van der Waals surface area contributed by atoms with Gasteiger partial charge in [0, 0.05) is 38.4 Å². The van der Waals surface area contributed by atoms with Crippen LogP contribution in [-0.2, 0) is 35.0 Å². The van der Waals surface area contributed by atoms with Gasteiger partial charge in [-0.3, -0.25) is 9.69 Å². The molecule has 0 heterocycles. The fourth-order valence-corrected chi connectivity index (χ4v) is 3.59. The maximum atomic E-state index is 14.4. The minimum absolute atomic E-state index is 0.129. The maximum Gasteiger partial charge on any atom is 0.407 e. The zero-order chi connectivity index (χ0) is 30.0. The van der Waals surface area contributed by atoms with E-state index in [-0.39, 0.29) is 18.8 Å². The summed E-state index contributed by atoms with van der Waals surface area (Å²) in [6.45, 7) is 10.8. The first kappa shape index (κ1) is 35.7. The van der Waals surface area contributed by atoms with Gasteiger partial charge in [-0.2, -0.15) is 0 Å². The molecule has 0 bridgehead atoms. The van der Waals surface area contributed by atoms with Crippen LogP contribution in [0.3, 0.4) is 0 Å². The molecule has 0 aliphatic rings. The number of ether oxygens (including phenoxy) is 5. The van der Waals surface area contributed by atoms with Crippen molar-refractivity contribution in [3.05, 3.63) is 35.1 Å². The molecule has 2 atom stereocenters. The van der Waals surface area contributed by atoms with E-state index < -0.39 is 29.9 Å². The lowest BCUT2D eigenvalue weighted by atomic mass is 10.1. The number of nitrogens with two attached hydrogens (primary N) is 1. The summed E-state index contributed by atoms with van der Waals surface area (Å²) in [4.78, 5) is 24.8. The van der Waals surface area contributed by atoms with Gasteiger partial charge in [-0.05, 0) is 46.6 Å². The van der Waals surface area contributed by atoms with Crippen molar-refractivity contribution in [3.8, 4) is 0 Å². The first-order valence-corrected chi connectivity index (χ1v) is 13.6. The molecule has 0 aliphatic carbocycles. The number of amides is 1. The number of aliphatic hydroxyl groups is 1. The predicted octanol–water partition coefficient (Wildman–Crippen LogP) is 2.50. The van der Waals surface area contributed by atoms with E-state index in [9.17, 15) is 19.1 Å². The molecule has 0 aliphatic heterocycles. The van der Waals surface area contributed by atoms with Crippen molar-refractivity contribution >= 4 is 12.1 Å². The highest BCUT2D eigenvalue weighted by molar-refractivity contribution is 5.70. The Hall–Kier alpha value is -2.35. The minimum atomic E-state index is -1.17. The minimum Gasteiger partial charge on any atom is -0.469 e. The van der Waals surface area contributed by atoms with Crippen molar-refractivity contribution in [2.24, 2.45) is 5.73 Å². The second kappa shape index (κ2) is 19.7. The summed E-state index contributed by atoms with van der Waals surface area (Å²) in [5.41, 5.74) is 6.83. The van der Waals surface area contributed by atoms with Crippen molar-refractivity contribution in [1.29, 1.82) is 0 Å². The Bertz CT molecular complexity index is 868. The van der Waals surface area contributed by atoms with Crippen LogP contribution in [0.15, 0.2) is 18.2 Å². The van der Waals surface area contributed by atoms with E-state index in [2.05, 4.69) is 10.1 Å². The molecule has 1 amide bonds. The highest BCUT2D eigenvalue weighted by Crippen LogP contribution is 2.16. The molecule has 0 unspecified atom stereocenters. The van der Waals surface area contributed by atoms with Gasteiger partial charge in [0.1, 0.15) is 17.6 Å². The first-order chi connectivity index (χ1) is 18.9. The number of aryl methyl sites for hydroxylation is 1. The average Bonchev–Trinajstić information content (AvgIpc) is 2.88. The van der Waals surface area contributed by atoms with Gasteiger partial charge in [0.15, 0.2) is 0 Å². The summed E-state index contributed by atoms with van der Waals surface area (Å²) >= 11 is 0. The van der Waals surface area contributed by atoms with E-state index in [4.69, 9.17) is 24.7 Å². The van der Waals surface area contributed by atoms with Crippen LogP contribution >= 0.6 is 0 Å². The number of halogens is 1. The molecule has 0 saturated carbocycles. The van der Waals surface area contributed by atoms with E-state index in [0.717, 1.165) is 5.56 Å². The molecule has 11 nitrogen and oxygen atoms in total. The lowest BCUT2D eigenvalue weighted by Gasteiger charge is -2.31. The van der Waals surface area contributed by atoms with Gasteiger partial charge in [-0.15, -0.1) is 0 Å². The molecule has 0 fully saturated rings.